The minimum Gasteiger partial charge on any atom is -0.477 e. The molecule has 6 rings (SSSR count). The van der Waals surface area contributed by atoms with Crippen molar-refractivity contribution < 1.29 is 35.8 Å². The number of allylic oxidation sites excluding steroid dienone is 2. The van der Waals surface area contributed by atoms with Crippen LogP contribution in [0.5, 0.6) is 11.5 Å². The van der Waals surface area contributed by atoms with E-state index in [9.17, 15) is 0 Å². The molecular weight excluding hydrogens is 542 g/mol. The lowest BCUT2D eigenvalue weighted by Crippen LogP contribution is -2.61. The van der Waals surface area contributed by atoms with Crippen LogP contribution in [0.2, 0.25) is 0 Å². The Labute approximate surface area is 236 Å². The first-order valence-corrected chi connectivity index (χ1v) is 14.7. The third-order valence-corrected chi connectivity index (χ3v) is 9.27. The second-order valence-electron chi connectivity index (χ2n) is 11.7. The zero-order valence-corrected chi connectivity index (χ0v) is 23.3. The molecule has 2 heterocycles. The minimum atomic E-state index is -5.63. The van der Waals surface area contributed by atoms with E-state index >= 15 is 26.3 Å². The Bertz CT molecular complexity index is 1320. The van der Waals surface area contributed by atoms with Gasteiger partial charge in [0.2, 0.25) is 0 Å². The highest BCUT2D eigenvalue weighted by molar-refractivity contribution is 6.02. The van der Waals surface area contributed by atoms with Crippen LogP contribution in [0.3, 0.4) is 0 Å². The molecule has 2 atom stereocenters. The highest BCUT2D eigenvalue weighted by atomic mass is 19.3. The normalized spacial score (nSPS) is 27.5. The summed E-state index contributed by atoms with van der Waals surface area (Å²) in [6.07, 6.45) is 6.43. The molecule has 0 aromatic heterocycles. The number of alkyl halides is 6. The van der Waals surface area contributed by atoms with Crippen molar-refractivity contribution in [2.75, 3.05) is 0 Å². The minimum absolute atomic E-state index is 0.148. The Balaban J connectivity index is 1.73. The van der Waals surface area contributed by atoms with Crippen LogP contribution >= 0.6 is 0 Å². The van der Waals surface area contributed by atoms with Crippen LogP contribution < -0.4 is 9.47 Å². The molecule has 0 saturated heterocycles. The summed E-state index contributed by atoms with van der Waals surface area (Å²) in [5, 5.41) is 0. The van der Waals surface area contributed by atoms with Gasteiger partial charge in [0.25, 0.3) is 0 Å². The summed E-state index contributed by atoms with van der Waals surface area (Å²) >= 11 is 0. The van der Waals surface area contributed by atoms with Gasteiger partial charge in [-0.1, -0.05) is 88.8 Å². The van der Waals surface area contributed by atoms with E-state index in [1.54, 1.807) is 36.4 Å². The molecule has 2 aromatic carbocycles. The van der Waals surface area contributed by atoms with E-state index in [0.29, 0.717) is 12.8 Å². The average molecular weight is 577 g/mol. The molecule has 0 N–H and O–H groups in total. The second kappa shape index (κ2) is 9.56. The van der Waals surface area contributed by atoms with Gasteiger partial charge in [0.05, 0.1) is 0 Å². The van der Waals surface area contributed by atoms with Crippen molar-refractivity contribution in [1.82, 2.24) is 0 Å². The Morgan fingerprint density at radius 3 is 1.29 bits per heavy atom. The first kappa shape index (κ1) is 28.2. The first-order chi connectivity index (χ1) is 19.5. The van der Waals surface area contributed by atoms with Gasteiger partial charge in [0.1, 0.15) is 11.5 Å². The Morgan fingerprint density at radius 1 is 0.512 bits per heavy atom. The van der Waals surface area contributed by atoms with Crippen molar-refractivity contribution in [3.63, 3.8) is 0 Å². The van der Waals surface area contributed by atoms with Crippen LogP contribution in [0, 0.1) is 0 Å². The standard InChI is InChI=1S/C33H34F6O2/c1-3-5-7-13-19-29-25(21-15-9-11-17-23(21)40-29)27-28(32(36,37)33(38,39)31(27,34)35)26-22-16-10-12-18-24(22)41-30(26,29)20-14-8-6-4-2/h9-12,15-18H,3-8,13-14,19-20H2,1-2H3/t29-,30-/m0/s1. The third-order valence-electron chi connectivity index (χ3n) is 9.27. The summed E-state index contributed by atoms with van der Waals surface area (Å²) < 4.78 is 108. The van der Waals surface area contributed by atoms with Crippen LogP contribution in [0.15, 0.2) is 59.7 Å². The van der Waals surface area contributed by atoms with Crippen molar-refractivity contribution in [3.8, 4) is 11.5 Å². The molecular formula is C33H34F6O2. The molecule has 1 saturated carbocycles. The van der Waals surface area contributed by atoms with Gasteiger partial charge in [0, 0.05) is 33.4 Å². The lowest BCUT2D eigenvalue weighted by Gasteiger charge is -2.50. The molecule has 0 unspecified atom stereocenters. The van der Waals surface area contributed by atoms with Gasteiger partial charge in [-0.2, -0.15) is 26.3 Å². The van der Waals surface area contributed by atoms with Gasteiger partial charge in [-0.3, -0.25) is 0 Å². The SMILES string of the molecule is CCCCCC[C@]12Oc3ccccc3C1=C1C(=C3c4ccccc4O[C@@]32CCCCCC)C(F)(F)C(F)(F)C1(F)F. The summed E-state index contributed by atoms with van der Waals surface area (Å²) in [4.78, 5) is 0. The van der Waals surface area contributed by atoms with Crippen LogP contribution in [-0.4, -0.2) is 29.0 Å². The number of unbranched alkanes of at least 4 members (excludes halogenated alkanes) is 6. The second-order valence-corrected chi connectivity index (χ2v) is 11.7. The fourth-order valence-corrected chi connectivity index (χ4v) is 7.43. The van der Waals surface area contributed by atoms with Gasteiger partial charge >= 0.3 is 17.8 Å². The van der Waals surface area contributed by atoms with Crippen LogP contribution in [0.1, 0.15) is 89.2 Å². The van der Waals surface area contributed by atoms with Crippen LogP contribution in [0.4, 0.5) is 26.3 Å². The molecule has 41 heavy (non-hydrogen) atoms. The first-order valence-electron chi connectivity index (χ1n) is 14.7. The Hall–Kier alpha value is -2.90. The molecule has 4 aliphatic rings. The number of hydrogen-bond acceptors (Lipinski definition) is 2. The maximum absolute atomic E-state index is 16.0. The number of halogens is 6. The zero-order chi connectivity index (χ0) is 29.3. The number of fused-ring (bicyclic) bond motifs is 8. The maximum atomic E-state index is 16.0. The van der Waals surface area contributed by atoms with Gasteiger partial charge in [-0.15, -0.1) is 0 Å². The van der Waals surface area contributed by atoms with E-state index in [-0.39, 0.29) is 46.6 Å². The molecule has 0 spiro atoms. The number of para-hydroxylation sites is 2. The topological polar surface area (TPSA) is 18.5 Å². The van der Waals surface area contributed by atoms with Crippen molar-refractivity contribution in [2.45, 2.75) is 107 Å². The van der Waals surface area contributed by atoms with Gasteiger partial charge < -0.3 is 9.47 Å². The largest absolute Gasteiger partial charge is 0.477 e. The van der Waals surface area contributed by atoms with E-state index in [0.717, 1.165) is 38.5 Å². The lowest BCUT2D eigenvalue weighted by molar-refractivity contribution is -0.257. The maximum Gasteiger partial charge on any atom is 0.380 e. The number of rotatable bonds is 10. The molecule has 8 heteroatoms. The summed E-state index contributed by atoms with van der Waals surface area (Å²) in [7, 11) is 0. The van der Waals surface area contributed by atoms with Crippen molar-refractivity contribution >= 4 is 11.1 Å². The number of hydrogen-bond donors (Lipinski definition) is 0. The zero-order valence-electron chi connectivity index (χ0n) is 23.3. The van der Waals surface area contributed by atoms with E-state index in [1.807, 2.05) is 13.8 Å². The van der Waals surface area contributed by atoms with Gasteiger partial charge in [0.15, 0.2) is 11.2 Å². The highest BCUT2D eigenvalue weighted by Crippen LogP contribution is 2.74. The van der Waals surface area contributed by atoms with E-state index in [2.05, 4.69) is 0 Å². The van der Waals surface area contributed by atoms with Gasteiger partial charge in [-0.05, 0) is 37.8 Å². The van der Waals surface area contributed by atoms with Crippen LogP contribution in [-0.2, 0) is 0 Å². The fraction of sp³-hybridized carbons (Fsp3) is 0.515. The predicted octanol–water partition coefficient (Wildman–Crippen LogP) is 10.0. The average Bonchev–Trinajstić information content (AvgIpc) is 3.49. The summed E-state index contributed by atoms with van der Waals surface area (Å²) in [5.41, 5.74) is -6.22. The monoisotopic (exact) mass is 576 g/mol. The summed E-state index contributed by atoms with van der Waals surface area (Å²) in [6, 6.07) is 12.7. The van der Waals surface area contributed by atoms with Gasteiger partial charge in [-0.25, -0.2) is 0 Å². The fourth-order valence-electron chi connectivity index (χ4n) is 7.43. The molecule has 1 fully saturated rings. The summed E-state index contributed by atoms with van der Waals surface area (Å²) in [6.45, 7) is 4.08. The highest BCUT2D eigenvalue weighted by Gasteiger charge is 2.86. The molecule has 2 aliphatic heterocycles. The molecule has 0 bridgehead atoms. The molecule has 2 nitrogen and oxygen atoms in total. The Kier molecular flexibility index (Phi) is 6.59. The number of benzene rings is 2. The lowest BCUT2D eigenvalue weighted by atomic mass is 9.60. The van der Waals surface area contributed by atoms with Crippen molar-refractivity contribution in [2.24, 2.45) is 0 Å². The van der Waals surface area contributed by atoms with E-state index in [1.165, 1.54) is 12.1 Å². The van der Waals surface area contributed by atoms with E-state index < -0.39 is 40.1 Å². The van der Waals surface area contributed by atoms with Crippen molar-refractivity contribution in [1.29, 1.82) is 0 Å². The third kappa shape index (κ3) is 3.51. The van der Waals surface area contributed by atoms with Crippen molar-refractivity contribution in [3.05, 3.63) is 70.8 Å². The molecule has 2 aliphatic carbocycles. The van der Waals surface area contributed by atoms with E-state index in [4.69, 9.17) is 9.47 Å². The molecule has 0 amide bonds. The predicted molar refractivity (Wildman–Crippen MR) is 146 cm³/mol. The Morgan fingerprint density at radius 2 is 0.902 bits per heavy atom. The summed E-state index contributed by atoms with van der Waals surface area (Å²) in [5.74, 6) is -15.5. The smallest absolute Gasteiger partial charge is 0.380 e. The number of ether oxygens (including phenoxy) is 2. The molecule has 220 valence electrons. The quantitative estimate of drug-likeness (QED) is 0.207. The molecule has 0 radical (unpaired) electrons. The van der Waals surface area contributed by atoms with Crippen LogP contribution in [0.25, 0.3) is 11.1 Å². The molecule has 2 aromatic rings.